The Bertz CT molecular complexity index is 625. The molecule has 1 heterocycles. The zero-order valence-corrected chi connectivity index (χ0v) is 15.0. The minimum Gasteiger partial charge on any atom is -0.349 e. The van der Waals surface area contributed by atoms with E-state index in [-0.39, 0.29) is 41.4 Å². The molecule has 2 aliphatic rings. The van der Waals surface area contributed by atoms with Gasteiger partial charge in [0.1, 0.15) is 5.82 Å². The van der Waals surface area contributed by atoms with Crippen LogP contribution in [0.2, 0.25) is 0 Å². The van der Waals surface area contributed by atoms with Crippen LogP contribution in [0.25, 0.3) is 0 Å². The topological polar surface area (TPSA) is 49.4 Å². The number of carbonyl (C=O) groups excluding carboxylic acids is 2. The second-order valence-corrected chi connectivity index (χ2v) is 7.68. The van der Waals surface area contributed by atoms with Gasteiger partial charge in [-0.05, 0) is 49.3 Å². The van der Waals surface area contributed by atoms with Crippen LogP contribution in [-0.4, -0.2) is 29.8 Å². The number of likely N-dealkylation sites (tertiary alicyclic amines) is 1. The van der Waals surface area contributed by atoms with E-state index in [1.165, 1.54) is 12.1 Å². The smallest absolute Gasteiger partial charge is 0.225 e. The van der Waals surface area contributed by atoms with E-state index in [0.717, 1.165) is 37.8 Å². The lowest BCUT2D eigenvalue weighted by Crippen LogP contribution is -2.47. The Balaban J connectivity index is 1.64. The molecule has 0 aromatic heterocycles. The molecule has 1 saturated carbocycles. The van der Waals surface area contributed by atoms with Crippen molar-refractivity contribution in [2.45, 2.75) is 45.6 Å². The normalized spacial score (nSPS) is 21.9. The number of amides is 2. The van der Waals surface area contributed by atoms with E-state index in [0.29, 0.717) is 6.54 Å². The first kappa shape index (κ1) is 17.9. The van der Waals surface area contributed by atoms with Gasteiger partial charge in [0.25, 0.3) is 0 Å². The highest BCUT2D eigenvalue weighted by Crippen LogP contribution is 2.32. The van der Waals surface area contributed by atoms with E-state index in [1.807, 2.05) is 18.7 Å². The van der Waals surface area contributed by atoms with Crippen LogP contribution in [0.1, 0.15) is 51.1 Å². The molecule has 3 rings (SSSR count). The fraction of sp³-hybridized carbons (Fsp3) is 0.600. The Morgan fingerprint density at radius 3 is 2.40 bits per heavy atom. The third-order valence-corrected chi connectivity index (χ3v) is 5.22. The second-order valence-electron chi connectivity index (χ2n) is 7.68. The van der Waals surface area contributed by atoms with Gasteiger partial charge in [-0.3, -0.25) is 9.59 Å². The summed E-state index contributed by atoms with van der Waals surface area (Å²) < 4.78 is 13.2. The molecule has 1 aromatic carbocycles. The fourth-order valence-electron chi connectivity index (χ4n) is 3.56. The quantitative estimate of drug-likeness (QED) is 0.889. The van der Waals surface area contributed by atoms with Crippen molar-refractivity contribution in [3.63, 3.8) is 0 Å². The summed E-state index contributed by atoms with van der Waals surface area (Å²) in [4.78, 5) is 26.9. The van der Waals surface area contributed by atoms with E-state index in [9.17, 15) is 14.0 Å². The number of hydrogen-bond acceptors (Lipinski definition) is 2. The van der Waals surface area contributed by atoms with Gasteiger partial charge in [-0.15, -0.1) is 0 Å². The summed E-state index contributed by atoms with van der Waals surface area (Å²) in [5.41, 5.74) is 0.909. The lowest BCUT2D eigenvalue weighted by molar-refractivity contribution is -0.137. The molecule has 2 atom stereocenters. The number of hydrogen-bond donors (Lipinski definition) is 1. The predicted molar refractivity (Wildman–Crippen MR) is 94.1 cm³/mol. The van der Waals surface area contributed by atoms with Gasteiger partial charge < -0.3 is 10.2 Å². The zero-order chi connectivity index (χ0) is 18.0. The van der Waals surface area contributed by atoms with Crippen molar-refractivity contribution in [2.75, 3.05) is 13.1 Å². The van der Waals surface area contributed by atoms with Crippen molar-refractivity contribution in [3.05, 3.63) is 35.6 Å². The number of carbonyl (C=O) groups is 2. The van der Waals surface area contributed by atoms with Crippen LogP contribution in [-0.2, 0) is 9.59 Å². The Kier molecular flexibility index (Phi) is 5.40. The van der Waals surface area contributed by atoms with Gasteiger partial charge in [0.15, 0.2) is 0 Å². The van der Waals surface area contributed by atoms with Crippen LogP contribution in [0.3, 0.4) is 0 Å². The highest BCUT2D eigenvalue weighted by molar-refractivity contribution is 5.83. The van der Waals surface area contributed by atoms with Gasteiger partial charge in [-0.25, -0.2) is 4.39 Å². The van der Waals surface area contributed by atoms with Crippen LogP contribution in [0.15, 0.2) is 24.3 Å². The Hall–Kier alpha value is -1.91. The minimum absolute atomic E-state index is 0.00341. The van der Waals surface area contributed by atoms with E-state index in [2.05, 4.69) is 5.32 Å². The molecule has 1 aliphatic carbocycles. The van der Waals surface area contributed by atoms with Crippen LogP contribution in [0.4, 0.5) is 4.39 Å². The molecule has 2 amide bonds. The van der Waals surface area contributed by atoms with Gasteiger partial charge >= 0.3 is 0 Å². The molecule has 1 N–H and O–H groups in total. The molecular formula is C20H27FN2O2. The number of benzene rings is 1. The van der Waals surface area contributed by atoms with Crippen molar-refractivity contribution in [1.29, 1.82) is 0 Å². The lowest BCUT2D eigenvalue weighted by atomic mass is 9.92. The molecule has 2 fully saturated rings. The molecule has 0 spiro atoms. The Morgan fingerprint density at radius 2 is 1.80 bits per heavy atom. The molecule has 136 valence electrons. The Labute approximate surface area is 148 Å². The Morgan fingerprint density at radius 1 is 1.12 bits per heavy atom. The predicted octanol–water partition coefficient (Wildman–Crippen LogP) is 3.29. The third kappa shape index (κ3) is 4.39. The first-order valence-corrected chi connectivity index (χ1v) is 9.30. The highest BCUT2D eigenvalue weighted by Gasteiger charge is 2.37. The molecule has 25 heavy (non-hydrogen) atoms. The highest BCUT2D eigenvalue weighted by atomic mass is 19.1. The summed E-state index contributed by atoms with van der Waals surface area (Å²) in [6, 6.07) is 6.15. The van der Waals surface area contributed by atoms with Crippen molar-refractivity contribution < 1.29 is 14.0 Å². The SMILES string of the molecule is CC(C)[C@@H](NC(=O)[C@H]1CCCN(C(=O)C2CC2)C1)c1ccc(F)cc1. The minimum atomic E-state index is -0.279. The van der Waals surface area contributed by atoms with Gasteiger partial charge in [-0.2, -0.15) is 0 Å². The number of rotatable bonds is 5. The molecule has 4 nitrogen and oxygen atoms in total. The maximum atomic E-state index is 13.2. The van der Waals surface area contributed by atoms with Crippen molar-refractivity contribution >= 4 is 11.8 Å². The number of nitrogens with zero attached hydrogens (tertiary/aromatic N) is 1. The van der Waals surface area contributed by atoms with Gasteiger partial charge in [0, 0.05) is 19.0 Å². The van der Waals surface area contributed by atoms with Crippen LogP contribution in [0.5, 0.6) is 0 Å². The first-order valence-electron chi connectivity index (χ1n) is 9.30. The summed E-state index contributed by atoms with van der Waals surface area (Å²) in [6.07, 6.45) is 3.67. The van der Waals surface area contributed by atoms with Crippen LogP contribution >= 0.6 is 0 Å². The largest absolute Gasteiger partial charge is 0.349 e. The van der Waals surface area contributed by atoms with Crippen LogP contribution in [0, 0.1) is 23.6 Å². The fourth-order valence-corrected chi connectivity index (χ4v) is 3.56. The molecule has 0 bridgehead atoms. The van der Waals surface area contributed by atoms with Crippen molar-refractivity contribution in [2.24, 2.45) is 17.8 Å². The lowest BCUT2D eigenvalue weighted by Gasteiger charge is -2.33. The standard InChI is InChI=1S/C20H27FN2O2/c1-13(2)18(14-7-9-17(21)10-8-14)22-19(24)16-4-3-11-23(12-16)20(25)15-5-6-15/h7-10,13,15-16,18H,3-6,11-12H2,1-2H3,(H,22,24)/t16-,18+/m0/s1. The van der Waals surface area contributed by atoms with Gasteiger partial charge in [-0.1, -0.05) is 26.0 Å². The maximum absolute atomic E-state index is 13.2. The molecular weight excluding hydrogens is 319 g/mol. The van der Waals surface area contributed by atoms with Crippen molar-refractivity contribution in [1.82, 2.24) is 10.2 Å². The third-order valence-electron chi connectivity index (χ3n) is 5.22. The number of halogens is 1. The average molecular weight is 346 g/mol. The monoisotopic (exact) mass is 346 g/mol. The molecule has 1 aromatic rings. The average Bonchev–Trinajstić information content (AvgIpc) is 3.44. The summed E-state index contributed by atoms with van der Waals surface area (Å²) in [6.45, 7) is 5.37. The molecule has 0 unspecified atom stereocenters. The van der Waals surface area contributed by atoms with E-state index in [4.69, 9.17) is 0 Å². The second kappa shape index (κ2) is 7.54. The number of piperidine rings is 1. The zero-order valence-electron chi connectivity index (χ0n) is 15.0. The van der Waals surface area contributed by atoms with E-state index < -0.39 is 0 Å². The van der Waals surface area contributed by atoms with Crippen molar-refractivity contribution in [3.8, 4) is 0 Å². The summed E-state index contributed by atoms with van der Waals surface area (Å²) in [5.74, 6) is 0.177. The molecule has 0 radical (unpaired) electrons. The van der Waals surface area contributed by atoms with E-state index >= 15 is 0 Å². The summed E-state index contributed by atoms with van der Waals surface area (Å²) in [5, 5.41) is 3.13. The van der Waals surface area contributed by atoms with Crippen LogP contribution < -0.4 is 5.32 Å². The van der Waals surface area contributed by atoms with Gasteiger partial charge in [0.05, 0.1) is 12.0 Å². The molecule has 1 saturated heterocycles. The molecule has 1 aliphatic heterocycles. The van der Waals surface area contributed by atoms with E-state index in [1.54, 1.807) is 12.1 Å². The first-order chi connectivity index (χ1) is 12.0. The number of nitrogens with one attached hydrogen (secondary N) is 1. The maximum Gasteiger partial charge on any atom is 0.225 e. The summed E-state index contributed by atoms with van der Waals surface area (Å²) in [7, 11) is 0. The molecule has 5 heteroatoms. The summed E-state index contributed by atoms with van der Waals surface area (Å²) >= 11 is 0. The van der Waals surface area contributed by atoms with Gasteiger partial charge in [0.2, 0.25) is 11.8 Å².